The third-order valence-corrected chi connectivity index (χ3v) is 4.29. The lowest BCUT2D eigenvalue weighted by Gasteiger charge is -2.21. The third-order valence-electron chi connectivity index (χ3n) is 4.29. The molecule has 0 atom stereocenters. The summed E-state index contributed by atoms with van der Waals surface area (Å²) in [7, 11) is 0. The molecule has 26 heavy (non-hydrogen) atoms. The van der Waals surface area contributed by atoms with Gasteiger partial charge in [-0.15, -0.1) is 0 Å². The number of anilines is 1. The van der Waals surface area contributed by atoms with Crippen molar-refractivity contribution in [1.29, 1.82) is 0 Å². The molecule has 0 amide bonds. The molecular weight excluding hydrogens is 345 g/mol. The second-order valence-corrected chi connectivity index (χ2v) is 6.16. The third kappa shape index (κ3) is 4.01. The van der Waals surface area contributed by atoms with Crippen LogP contribution in [-0.4, -0.2) is 41.9 Å². The molecule has 1 saturated heterocycles. The lowest BCUT2D eigenvalue weighted by molar-refractivity contribution is -0.137. The first-order valence-electron chi connectivity index (χ1n) is 8.37. The summed E-state index contributed by atoms with van der Waals surface area (Å²) in [5, 5.41) is 3.29. The number of alkyl halides is 3. The van der Waals surface area contributed by atoms with E-state index in [-0.39, 0.29) is 17.0 Å². The van der Waals surface area contributed by atoms with E-state index in [1.807, 2.05) is 0 Å². The minimum atomic E-state index is -4.55. The van der Waals surface area contributed by atoms with E-state index in [0.717, 1.165) is 44.9 Å². The van der Waals surface area contributed by atoms with Gasteiger partial charge in [-0.25, -0.2) is 4.98 Å². The number of nitrogens with zero attached hydrogens (tertiary/aromatic N) is 3. The van der Waals surface area contributed by atoms with Gasteiger partial charge in [-0.3, -0.25) is 9.78 Å². The molecule has 2 aromatic heterocycles. The van der Waals surface area contributed by atoms with E-state index in [2.05, 4.69) is 20.2 Å². The predicted octanol–water partition coefficient (Wildman–Crippen LogP) is 2.83. The Kier molecular flexibility index (Phi) is 5.22. The van der Waals surface area contributed by atoms with E-state index in [0.29, 0.717) is 5.82 Å². The lowest BCUT2D eigenvalue weighted by atomic mass is 10.0. The Hall–Kier alpha value is -2.48. The maximum Gasteiger partial charge on any atom is 0.417 e. The zero-order valence-corrected chi connectivity index (χ0v) is 14.3. The zero-order chi connectivity index (χ0) is 18.7. The fraction of sp³-hybridized carbons (Fsp3) is 0.389. The molecule has 3 heterocycles. The highest BCUT2D eigenvalue weighted by Crippen LogP contribution is 2.30. The molecule has 5 nitrogen and oxygen atoms in total. The Morgan fingerprint density at radius 1 is 1.23 bits per heavy atom. The summed E-state index contributed by atoms with van der Waals surface area (Å²) in [5.74, 6) is 0.0908. The van der Waals surface area contributed by atoms with Gasteiger partial charge in [0.2, 0.25) is 5.78 Å². The number of nitrogens with one attached hydrogen (secondary N) is 1. The monoisotopic (exact) mass is 364 g/mol. The van der Waals surface area contributed by atoms with E-state index >= 15 is 0 Å². The first-order chi connectivity index (χ1) is 12.4. The van der Waals surface area contributed by atoms with Crippen LogP contribution in [0.5, 0.6) is 0 Å². The second-order valence-electron chi connectivity index (χ2n) is 6.16. The number of carbonyl (C=O) groups excluding carboxylic acids is 1. The summed E-state index contributed by atoms with van der Waals surface area (Å²) in [4.78, 5) is 22.9. The van der Waals surface area contributed by atoms with Gasteiger partial charge in [0.15, 0.2) is 0 Å². The number of carbonyl (C=O) groups is 1. The van der Waals surface area contributed by atoms with E-state index in [1.54, 1.807) is 12.1 Å². The van der Waals surface area contributed by atoms with Gasteiger partial charge in [0, 0.05) is 37.1 Å². The minimum absolute atomic E-state index is 0.0815. The first kappa shape index (κ1) is 18.3. The molecule has 0 saturated carbocycles. The van der Waals surface area contributed by atoms with Gasteiger partial charge in [-0.05, 0) is 38.1 Å². The van der Waals surface area contributed by atoms with Crippen LogP contribution in [0.25, 0.3) is 0 Å². The van der Waals surface area contributed by atoms with E-state index in [1.165, 1.54) is 13.0 Å². The van der Waals surface area contributed by atoms with Crippen molar-refractivity contribution in [3.63, 3.8) is 0 Å². The van der Waals surface area contributed by atoms with Crippen LogP contribution in [-0.2, 0) is 6.18 Å². The number of aryl methyl sites for hydroxylation is 1. The van der Waals surface area contributed by atoms with Crippen LogP contribution in [0.3, 0.4) is 0 Å². The summed E-state index contributed by atoms with van der Waals surface area (Å²) in [5.41, 5.74) is -0.665. The normalized spacial score (nSPS) is 15.6. The van der Waals surface area contributed by atoms with Crippen LogP contribution in [0.15, 0.2) is 30.5 Å². The van der Waals surface area contributed by atoms with Crippen molar-refractivity contribution in [2.75, 3.05) is 31.1 Å². The fourth-order valence-corrected chi connectivity index (χ4v) is 2.86. The molecule has 1 fully saturated rings. The number of rotatable bonds is 3. The number of hydrogen-bond acceptors (Lipinski definition) is 5. The molecule has 0 unspecified atom stereocenters. The largest absolute Gasteiger partial charge is 0.417 e. The van der Waals surface area contributed by atoms with Gasteiger partial charge in [-0.1, -0.05) is 6.07 Å². The van der Waals surface area contributed by atoms with Crippen molar-refractivity contribution in [1.82, 2.24) is 15.3 Å². The van der Waals surface area contributed by atoms with Crippen LogP contribution in [0, 0.1) is 6.92 Å². The van der Waals surface area contributed by atoms with Gasteiger partial charge in [0.1, 0.15) is 11.5 Å². The number of aromatic nitrogens is 2. The summed E-state index contributed by atoms with van der Waals surface area (Å²) >= 11 is 0. The average Bonchev–Trinajstić information content (AvgIpc) is 2.90. The Morgan fingerprint density at radius 2 is 2.04 bits per heavy atom. The highest BCUT2D eigenvalue weighted by Gasteiger charge is 2.32. The van der Waals surface area contributed by atoms with Crippen LogP contribution >= 0.6 is 0 Å². The van der Waals surface area contributed by atoms with Gasteiger partial charge in [0.05, 0.1) is 5.56 Å². The summed E-state index contributed by atoms with van der Waals surface area (Å²) in [6.45, 7) is 4.81. The molecule has 0 aromatic carbocycles. The number of pyridine rings is 2. The number of ketones is 1. The van der Waals surface area contributed by atoms with E-state index < -0.39 is 17.5 Å². The maximum absolute atomic E-state index is 12.9. The van der Waals surface area contributed by atoms with Gasteiger partial charge < -0.3 is 10.2 Å². The summed E-state index contributed by atoms with van der Waals surface area (Å²) < 4.78 is 38.8. The van der Waals surface area contributed by atoms with Crippen molar-refractivity contribution in [2.45, 2.75) is 19.5 Å². The fourth-order valence-electron chi connectivity index (χ4n) is 2.86. The molecule has 2 aromatic rings. The van der Waals surface area contributed by atoms with Crippen molar-refractivity contribution < 1.29 is 18.0 Å². The predicted molar refractivity (Wildman–Crippen MR) is 91.3 cm³/mol. The van der Waals surface area contributed by atoms with Crippen LogP contribution < -0.4 is 10.2 Å². The Labute approximate surface area is 149 Å². The topological polar surface area (TPSA) is 58.1 Å². The molecule has 138 valence electrons. The molecular formula is C18H19F3N4O. The van der Waals surface area contributed by atoms with Gasteiger partial charge in [0.25, 0.3) is 0 Å². The van der Waals surface area contributed by atoms with Crippen molar-refractivity contribution in [3.05, 3.63) is 53.0 Å². The Balaban J connectivity index is 1.92. The summed E-state index contributed by atoms with van der Waals surface area (Å²) in [6.07, 6.45) is -2.86. The van der Waals surface area contributed by atoms with Crippen molar-refractivity contribution in [3.8, 4) is 0 Å². The summed E-state index contributed by atoms with van der Waals surface area (Å²) in [6, 6.07) is 5.86. The molecule has 1 N–H and O–H groups in total. The number of hydrogen-bond donors (Lipinski definition) is 1. The minimum Gasteiger partial charge on any atom is -0.355 e. The van der Waals surface area contributed by atoms with E-state index in [9.17, 15) is 18.0 Å². The van der Waals surface area contributed by atoms with Crippen LogP contribution in [0.4, 0.5) is 19.0 Å². The standard InChI is InChI=1S/C18H19F3N4O/c1-12-14(10-13(11-23-12)18(19,20)21)17(26)15-4-2-5-16(24-15)25-8-3-6-22-7-9-25/h2,4-5,10-11,22H,3,6-9H2,1H3. The van der Waals surface area contributed by atoms with Crippen LogP contribution in [0.2, 0.25) is 0 Å². The Morgan fingerprint density at radius 3 is 2.81 bits per heavy atom. The smallest absolute Gasteiger partial charge is 0.355 e. The lowest BCUT2D eigenvalue weighted by Crippen LogP contribution is -2.29. The van der Waals surface area contributed by atoms with Crippen LogP contribution in [0.1, 0.15) is 33.7 Å². The molecule has 0 aliphatic carbocycles. The molecule has 1 aliphatic rings. The molecule has 1 aliphatic heterocycles. The highest BCUT2D eigenvalue weighted by molar-refractivity contribution is 6.08. The quantitative estimate of drug-likeness (QED) is 0.849. The van der Waals surface area contributed by atoms with Crippen molar-refractivity contribution in [2.24, 2.45) is 0 Å². The number of halogens is 3. The van der Waals surface area contributed by atoms with Gasteiger partial charge >= 0.3 is 6.18 Å². The molecule has 0 radical (unpaired) electrons. The first-order valence-corrected chi connectivity index (χ1v) is 8.37. The SMILES string of the molecule is Cc1ncc(C(F)(F)F)cc1C(=O)c1cccc(N2CCCNCC2)n1. The maximum atomic E-state index is 12.9. The average molecular weight is 364 g/mol. The van der Waals surface area contributed by atoms with Gasteiger partial charge in [-0.2, -0.15) is 13.2 Å². The van der Waals surface area contributed by atoms with Crippen molar-refractivity contribution >= 4 is 11.6 Å². The van der Waals surface area contributed by atoms with E-state index in [4.69, 9.17) is 0 Å². The molecule has 0 bridgehead atoms. The zero-order valence-electron chi connectivity index (χ0n) is 14.3. The molecule has 0 spiro atoms. The molecule has 3 rings (SSSR count). The highest BCUT2D eigenvalue weighted by atomic mass is 19.4. The second kappa shape index (κ2) is 7.41. The molecule has 8 heteroatoms. The Bertz CT molecular complexity index is 799.